The third kappa shape index (κ3) is 4.91. The van der Waals surface area contributed by atoms with Crippen LogP contribution in [0, 0.1) is 17.0 Å². The number of hydrogen-bond acceptors (Lipinski definition) is 7. The molecule has 36 heavy (non-hydrogen) atoms. The largest absolute Gasteiger partial charge is 0.366 e. The number of amides is 1. The SMILES string of the molecule is Cc1ccc(-c2nc3ccccc3s2)cc1NC(=S)NC(=O)c1ccc(N2CCCC2)c([N+](=O)[O-])c1. The number of aryl methyl sites for hydroxylation is 1. The highest BCUT2D eigenvalue weighted by atomic mass is 32.1. The van der Waals surface area contributed by atoms with E-state index >= 15 is 0 Å². The van der Waals surface area contributed by atoms with Crippen molar-refractivity contribution in [1.82, 2.24) is 10.3 Å². The molecule has 0 spiro atoms. The number of thiazole rings is 1. The fourth-order valence-electron chi connectivity index (χ4n) is 4.25. The zero-order valence-corrected chi connectivity index (χ0v) is 21.1. The molecule has 10 heteroatoms. The Kier molecular flexibility index (Phi) is 6.62. The minimum Gasteiger partial charge on any atom is -0.366 e. The number of anilines is 2. The van der Waals surface area contributed by atoms with Gasteiger partial charge < -0.3 is 10.2 Å². The number of carbonyl (C=O) groups excluding carboxylic acids is 1. The number of nitrogens with zero attached hydrogens (tertiary/aromatic N) is 3. The summed E-state index contributed by atoms with van der Waals surface area (Å²) in [6.45, 7) is 3.49. The van der Waals surface area contributed by atoms with Crippen LogP contribution in [0.25, 0.3) is 20.8 Å². The number of fused-ring (bicyclic) bond motifs is 1. The lowest BCUT2D eigenvalue weighted by molar-refractivity contribution is -0.384. The van der Waals surface area contributed by atoms with Gasteiger partial charge in [-0.25, -0.2) is 4.98 Å². The number of rotatable bonds is 5. The maximum Gasteiger partial charge on any atom is 0.293 e. The van der Waals surface area contributed by atoms with Crippen LogP contribution in [0.1, 0.15) is 28.8 Å². The molecule has 8 nitrogen and oxygen atoms in total. The van der Waals surface area contributed by atoms with Gasteiger partial charge in [-0.3, -0.25) is 20.2 Å². The number of para-hydroxylation sites is 1. The van der Waals surface area contributed by atoms with Gasteiger partial charge in [0.25, 0.3) is 11.6 Å². The predicted octanol–water partition coefficient (Wildman–Crippen LogP) is 5.91. The molecule has 1 fully saturated rings. The van der Waals surface area contributed by atoms with Crippen molar-refractivity contribution in [3.63, 3.8) is 0 Å². The van der Waals surface area contributed by atoms with Gasteiger partial charge in [-0.05, 0) is 67.9 Å². The summed E-state index contributed by atoms with van der Waals surface area (Å²) in [4.78, 5) is 30.7. The fourth-order valence-corrected chi connectivity index (χ4v) is 5.42. The van der Waals surface area contributed by atoms with Gasteiger partial charge in [-0.1, -0.05) is 24.3 Å². The standard InChI is InChI=1S/C26H23N5O3S2/c1-16-8-9-18(25-27-19-6-2-3-7-23(19)36-25)14-20(16)28-26(35)29-24(32)17-10-11-21(22(15-17)31(33)34)30-12-4-5-13-30/h2-3,6-11,14-15H,4-5,12-13H2,1H3,(H2,28,29,32,35). The van der Waals surface area contributed by atoms with Gasteiger partial charge in [-0.2, -0.15) is 0 Å². The van der Waals surface area contributed by atoms with E-state index in [0.717, 1.165) is 58.0 Å². The third-order valence-corrected chi connectivity index (χ3v) is 7.42. The maximum absolute atomic E-state index is 12.8. The van der Waals surface area contributed by atoms with E-state index < -0.39 is 10.8 Å². The normalized spacial score (nSPS) is 13.1. The first kappa shape index (κ1) is 23.8. The molecule has 1 aliphatic heterocycles. The molecule has 0 atom stereocenters. The van der Waals surface area contributed by atoms with Crippen LogP contribution in [0.4, 0.5) is 17.1 Å². The van der Waals surface area contributed by atoms with E-state index in [9.17, 15) is 14.9 Å². The van der Waals surface area contributed by atoms with Crippen molar-refractivity contribution in [3.05, 3.63) is 81.9 Å². The zero-order valence-electron chi connectivity index (χ0n) is 19.5. The van der Waals surface area contributed by atoms with Crippen LogP contribution in [-0.4, -0.2) is 34.0 Å². The second kappa shape index (κ2) is 10.00. The smallest absolute Gasteiger partial charge is 0.293 e. The Labute approximate surface area is 217 Å². The monoisotopic (exact) mass is 517 g/mol. The minimum atomic E-state index is -0.511. The number of aromatic nitrogens is 1. The topological polar surface area (TPSA) is 100 Å². The van der Waals surface area contributed by atoms with Gasteiger partial charge in [0.2, 0.25) is 0 Å². The van der Waals surface area contributed by atoms with Gasteiger partial charge in [0.1, 0.15) is 10.7 Å². The molecular formula is C26H23N5O3S2. The van der Waals surface area contributed by atoms with Crippen LogP contribution in [0.15, 0.2) is 60.7 Å². The number of hydrogen-bond donors (Lipinski definition) is 2. The van der Waals surface area contributed by atoms with Crippen LogP contribution < -0.4 is 15.5 Å². The molecule has 0 saturated carbocycles. The molecule has 4 aromatic rings. The molecule has 2 N–H and O–H groups in total. The van der Waals surface area contributed by atoms with E-state index in [1.165, 1.54) is 6.07 Å². The molecular weight excluding hydrogens is 494 g/mol. The summed E-state index contributed by atoms with van der Waals surface area (Å²) in [5, 5.41) is 18.4. The summed E-state index contributed by atoms with van der Waals surface area (Å²) in [6, 6.07) is 18.4. The predicted molar refractivity (Wildman–Crippen MR) is 148 cm³/mol. The number of benzene rings is 3. The molecule has 1 aromatic heterocycles. The molecule has 0 bridgehead atoms. The number of nitrogens with one attached hydrogen (secondary N) is 2. The first-order valence-electron chi connectivity index (χ1n) is 11.5. The summed E-state index contributed by atoms with van der Waals surface area (Å²) < 4.78 is 1.11. The van der Waals surface area contributed by atoms with Crippen molar-refractivity contribution in [2.75, 3.05) is 23.3 Å². The van der Waals surface area contributed by atoms with Crippen molar-refractivity contribution >= 4 is 61.9 Å². The Morgan fingerprint density at radius 2 is 1.89 bits per heavy atom. The second-order valence-corrected chi connectivity index (χ2v) is 10.0. The third-order valence-electron chi connectivity index (χ3n) is 6.13. The molecule has 1 aliphatic rings. The molecule has 5 rings (SSSR count). The molecule has 182 valence electrons. The highest BCUT2D eigenvalue weighted by molar-refractivity contribution is 7.80. The fraction of sp³-hybridized carbons (Fsp3) is 0.192. The Bertz CT molecular complexity index is 1460. The molecule has 0 unspecified atom stereocenters. The second-order valence-electron chi connectivity index (χ2n) is 8.58. The zero-order chi connectivity index (χ0) is 25.2. The van der Waals surface area contributed by atoms with Crippen LogP contribution in [0.5, 0.6) is 0 Å². The van der Waals surface area contributed by atoms with Crippen LogP contribution >= 0.6 is 23.6 Å². The van der Waals surface area contributed by atoms with Crippen molar-refractivity contribution in [2.24, 2.45) is 0 Å². The quantitative estimate of drug-likeness (QED) is 0.193. The van der Waals surface area contributed by atoms with Gasteiger partial charge in [0.05, 0.1) is 15.1 Å². The number of nitro groups is 1. The van der Waals surface area contributed by atoms with Crippen molar-refractivity contribution in [3.8, 4) is 10.6 Å². The van der Waals surface area contributed by atoms with E-state index in [0.29, 0.717) is 5.69 Å². The molecule has 0 aliphatic carbocycles. The van der Waals surface area contributed by atoms with Crippen molar-refractivity contribution in [1.29, 1.82) is 0 Å². The Morgan fingerprint density at radius 3 is 2.64 bits per heavy atom. The van der Waals surface area contributed by atoms with Crippen molar-refractivity contribution in [2.45, 2.75) is 19.8 Å². The van der Waals surface area contributed by atoms with E-state index in [-0.39, 0.29) is 16.4 Å². The molecule has 1 saturated heterocycles. The molecule has 1 amide bonds. The first-order valence-corrected chi connectivity index (χ1v) is 12.7. The van der Waals surface area contributed by atoms with Crippen LogP contribution in [0.2, 0.25) is 0 Å². The van der Waals surface area contributed by atoms with E-state index in [4.69, 9.17) is 17.2 Å². The van der Waals surface area contributed by atoms with E-state index in [1.807, 2.05) is 54.3 Å². The number of carbonyl (C=O) groups is 1. The lowest BCUT2D eigenvalue weighted by atomic mass is 10.1. The lowest BCUT2D eigenvalue weighted by Gasteiger charge is -2.18. The molecule has 2 heterocycles. The highest BCUT2D eigenvalue weighted by Gasteiger charge is 2.24. The Morgan fingerprint density at radius 1 is 1.11 bits per heavy atom. The molecule has 0 radical (unpaired) electrons. The Hall–Kier alpha value is -3.89. The average molecular weight is 518 g/mol. The van der Waals surface area contributed by atoms with Gasteiger partial charge in [-0.15, -0.1) is 11.3 Å². The van der Waals surface area contributed by atoms with Crippen LogP contribution in [-0.2, 0) is 0 Å². The highest BCUT2D eigenvalue weighted by Crippen LogP contribution is 2.33. The van der Waals surface area contributed by atoms with E-state index in [1.54, 1.807) is 23.5 Å². The summed E-state index contributed by atoms with van der Waals surface area (Å²) in [7, 11) is 0. The first-order chi connectivity index (χ1) is 17.4. The maximum atomic E-state index is 12.8. The summed E-state index contributed by atoms with van der Waals surface area (Å²) in [6.07, 6.45) is 2.00. The van der Waals surface area contributed by atoms with Gasteiger partial charge in [0, 0.05) is 36.0 Å². The van der Waals surface area contributed by atoms with Crippen LogP contribution in [0.3, 0.4) is 0 Å². The number of thiocarbonyl (C=S) groups is 1. The summed E-state index contributed by atoms with van der Waals surface area (Å²) in [5.41, 5.74) is 4.20. The minimum absolute atomic E-state index is 0.0807. The molecule has 3 aromatic carbocycles. The van der Waals surface area contributed by atoms with Gasteiger partial charge >= 0.3 is 0 Å². The Balaban J connectivity index is 1.32. The number of nitro benzene ring substituents is 1. The van der Waals surface area contributed by atoms with E-state index in [2.05, 4.69) is 10.6 Å². The van der Waals surface area contributed by atoms with Gasteiger partial charge in [0.15, 0.2) is 5.11 Å². The average Bonchev–Trinajstić information content (AvgIpc) is 3.55. The summed E-state index contributed by atoms with van der Waals surface area (Å²) >= 11 is 6.99. The van der Waals surface area contributed by atoms with Crippen molar-refractivity contribution < 1.29 is 9.72 Å². The summed E-state index contributed by atoms with van der Waals surface area (Å²) in [5.74, 6) is -0.511. The lowest BCUT2D eigenvalue weighted by Crippen LogP contribution is -2.34.